The number of benzene rings is 1. The van der Waals surface area contributed by atoms with Gasteiger partial charge in [-0.05, 0) is 49.1 Å². The Labute approximate surface area is 134 Å². The smallest absolute Gasteiger partial charge is 0.117 e. The largest absolute Gasteiger partial charge is 0.468 e. The van der Waals surface area contributed by atoms with E-state index in [2.05, 4.69) is 46.0 Å². The van der Waals surface area contributed by atoms with Crippen molar-refractivity contribution in [1.82, 2.24) is 4.90 Å². The van der Waals surface area contributed by atoms with E-state index in [0.717, 1.165) is 16.8 Å². The van der Waals surface area contributed by atoms with Crippen LogP contribution in [0.5, 0.6) is 0 Å². The van der Waals surface area contributed by atoms with Gasteiger partial charge in [0.25, 0.3) is 0 Å². The lowest BCUT2D eigenvalue weighted by Gasteiger charge is -2.31. The third-order valence-corrected chi connectivity index (χ3v) is 4.99. The molecular formula is C17H21BrN2O. The second kappa shape index (κ2) is 6.34. The van der Waals surface area contributed by atoms with Crippen LogP contribution in [0.1, 0.15) is 35.8 Å². The number of furan rings is 1. The van der Waals surface area contributed by atoms with Crippen molar-refractivity contribution in [1.29, 1.82) is 0 Å². The average molecular weight is 349 g/mol. The molecule has 0 spiro atoms. The molecule has 0 bridgehead atoms. The van der Waals surface area contributed by atoms with Crippen molar-refractivity contribution in [3.63, 3.8) is 0 Å². The Hall–Kier alpha value is -1.10. The normalized spacial score (nSPS) is 16.4. The van der Waals surface area contributed by atoms with Crippen molar-refractivity contribution < 1.29 is 4.42 Å². The van der Waals surface area contributed by atoms with Crippen molar-refractivity contribution in [2.24, 2.45) is 5.73 Å². The maximum absolute atomic E-state index is 6.10. The Morgan fingerprint density at radius 1 is 1.38 bits per heavy atom. The van der Waals surface area contributed by atoms with Gasteiger partial charge in [0.2, 0.25) is 0 Å². The van der Waals surface area contributed by atoms with Crippen LogP contribution in [0.15, 0.2) is 45.5 Å². The summed E-state index contributed by atoms with van der Waals surface area (Å²) in [6.07, 6.45) is 4.24. The lowest BCUT2D eigenvalue weighted by Crippen LogP contribution is -2.35. The molecule has 0 radical (unpaired) electrons. The van der Waals surface area contributed by atoms with Gasteiger partial charge in [0, 0.05) is 23.1 Å². The number of halogens is 1. The summed E-state index contributed by atoms with van der Waals surface area (Å²) in [7, 11) is 0. The summed E-state index contributed by atoms with van der Waals surface area (Å²) >= 11 is 3.63. The summed E-state index contributed by atoms with van der Waals surface area (Å²) in [5.74, 6) is 1.01. The SMILES string of the molecule is Cc1ccc(C(CN)N(Cc2ccco2)C2CC2)cc1Br. The van der Waals surface area contributed by atoms with Crippen LogP contribution >= 0.6 is 15.9 Å². The molecule has 3 nitrogen and oxygen atoms in total. The van der Waals surface area contributed by atoms with Crippen molar-refractivity contribution in [2.45, 2.75) is 38.4 Å². The fourth-order valence-electron chi connectivity index (χ4n) is 2.76. The first kappa shape index (κ1) is 14.8. The molecular weight excluding hydrogens is 328 g/mol. The fraction of sp³-hybridized carbons (Fsp3) is 0.412. The Kier molecular flexibility index (Phi) is 4.48. The summed E-state index contributed by atoms with van der Waals surface area (Å²) in [5, 5.41) is 0. The van der Waals surface area contributed by atoms with Gasteiger partial charge >= 0.3 is 0 Å². The molecule has 4 heteroatoms. The zero-order valence-electron chi connectivity index (χ0n) is 12.3. The summed E-state index contributed by atoms with van der Waals surface area (Å²) in [6.45, 7) is 3.55. The molecule has 21 heavy (non-hydrogen) atoms. The fourth-order valence-corrected chi connectivity index (χ4v) is 3.16. The van der Waals surface area contributed by atoms with Gasteiger partial charge in [0.1, 0.15) is 5.76 Å². The molecule has 1 aliphatic carbocycles. The first-order valence-electron chi connectivity index (χ1n) is 7.43. The Balaban J connectivity index is 1.86. The first-order chi connectivity index (χ1) is 10.2. The highest BCUT2D eigenvalue weighted by atomic mass is 79.9. The lowest BCUT2D eigenvalue weighted by molar-refractivity contribution is 0.168. The monoisotopic (exact) mass is 348 g/mol. The second-order valence-electron chi connectivity index (χ2n) is 5.74. The molecule has 2 aromatic rings. The Bertz CT molecular complexity index is 593. The number of nitrogens with two attached hydrogens (primary N) is 1. The van der Waals surface area contributed by atoms with E-state index in [0.29, 0.717) is 12.6 Å². The van der Waals surface area contributed by atoms with Crippen LogP contribution in [-0.2, 0) is 6.54 Å². The van der Waals surface area contributed by atoms with Gasteiger partial charge in [-0.25, -0.2) is 0 Å². The van der Waals surface area contributed by atoms with Gasteiger partial charge in [0.15, 0.2) is 0 Å². The zero-order chi connectivity index (χ0) is 14.8. The minimum Gasteiger partial charge on any atom is -0.468 e. The van der Waals surface area contributed by atoms with E-state index in [1.165, 1.54) is 24.0 Å². The van der Waals surface area contributed by atoms with Crippen molar-refractivity contribution in [3.8, 4) is 0 Å². The van der Waals surface area contributed by atoms with Crippen LogP contribution < -0.4 is 5.73 Å². The molecule has 1 saturated carbocycles. The van der Waals surface area contributed by atoms with E-state index < -0.39 is 0 Å². The van der Waals surface area contributed by atoms with Crippen molar-refractivity contribution in [3.05, 3.63) is 58.0 Å². The predicted molar refractivity (Wildman–Crippen MR) is 87.9 cm³/mol. The topological polar surface area (TPSA) is 42.4 Å². The van der Waals surface area contributed by atoms with Crippen molar-refractivity contribution in [2.75, 3.05) is 6.54 Å². The highest BCUT2D eigenvalue weighted by Crippen LogP contribution is 2.36. The first-order valence-corrected chi connectivity index (χ1v) is 8.22. The van der Waals surface area contributed by atoms with Crippen LogP contribution in [0.25, 0.3) is 0 Å². The van der Waals surface area contributed by atoms with Gasteiger partial charge < -0.3 is 10.2 Å². The molecule has 1 fully saturated rings. The van der Waals surface area contributed by atoms with Gasteiger partial charge in [-0.15, -0.1) is 0 Å². The van der Waals surface area contributed by atoms with Crippen LogP contribution in [0.2, 0.25) is 0 Å². The molecule has 0 aliphatic heterocycles. The molecule has 112 valence electrons. The number of hydrogen-bond donors (Lipinski definition) is 1. The summed E-state index contributed by atoms with van der Waals surface area (Å²) < 4.78 is 6.67. The lowest BCUT2D eigenvalue weighted by atomic mass is 10.0. The molecule has 0 saturated heterocycles. The van der Waals surface area contributed by atoms with Crippen LogP contribution in [0, 0.1) is 6.92 Å². The molecule has 3 rings (SSSR count). The molecule has 1 aromatic carbocycles. The summed E-state index contributed by atoms with van der Waals surface area (Å²) in [5.41, 5.74) is 8.62. The molecule has 1 aromatic heterocycles. The average Bonchev–Trinajstić information content (AvgIpc) is 3.20. The molecule has 0 amide bonds. The minimum absolute atomic E-state index is 0.236. The zero-order valence-corrected chi connectivity index (χ0v) is 13.8. The van der Waals surface area contributed by atoms with Gasteiger partial charge in [-0.2, -0.15) is 0 Å². The van der Waals surface area contributed by atoms with E-state index in [1.54, 1.807) is 6.26 Å². The maximum Gasteiger partial charge on any atom is 0.117 e. The third-order valence-electron chi connectivity index (χ3n) is 4.14. The Morgan fingerprint density at radius 3 is 2.76 bits per heavy atom. The van der Waals surface area contributed by atoms with E-state index in [1.807, 2.05) is 12.1 Å². The van der Waals surface area contributed by atoms with Crippen LogP contribution in [0.3, 0.4) is 0 Å². The van der Waals surface area contributed by atoms with E-state index in [9.17, 15) is 0 Å². The Morgan fingerprint density at radius 2 is 2.19 bits per heavy atom. The summed E-state index contributed by atoms with van der Waals surface area (Å²) in [6, 6.07) is 11.4. The summed E-state index contributed by atoms with van der Waals surface area (Å²) in [4.78, 5) is 2.48. The van der Waals surface area contributed by atoms with Crippen molar-refractivity contribution >= 4 is 15.9 Å². The van der Waals surface area contributed by atoms with E-state index in [4.69, 9.17) is 10.2 Å². The number of nitrogens with zero attached hydrogens (tertiary/aromatic N) is 1. The standard InChI is InChI=1S/C17H21BrN2O/c1-12-4-5-13(9-16(12)18)17(10-19)20(14-6-7-14)11-15-3-2-8-21-15/h2-5,8-9,14,17H,6-7,10-11,19H2,1H3. The van der Waals surface area contributed by atoms with E-state index in [-0.39, 0.29) is 6.04 Å². The highest BCUT2D eigenvalue weighted by Gasteiger charge is 2.34. The van der Waals surface area contributed by atoms with Crippen LogP contribution in [0.4, 0.5) is 0 Å². The third kappa shape index (κ3) is 3.39. The minimum atomic E-state index is 0.236. The molecule has 1 atom stereocenters. The molecule has 1 aliphatic rings. The van der Waals surface area contributed by atoms with Gasteiger partial charge in [-0.1, -0.05) is 28.1 Å². The highest BCUT2D eigenvalue weighted by molar-refractivity contribution is 9.10. The predicted octanol–water partition coefficient (Wildman–Crippen LogP) is 4.01. The van der Waals surface area contributed by atoms with E-state index >= 15 is 0 Å². The number of aryl methyl sites for hydroxylation is 1. The maximum atomic E-state index is 6.10. The second-order valence-corrected chi connectivity index (χ2v) is 6.60. The molecule has 2 N–H and O–H groups in total. The quantitative estimate of drug-likeness (QED) is 0.857. The number of hydrogen-bond acceptors (Lipinski definition) is 3. The molecule has 1 heterocycles. The van der Waals surface area contributed by atoms with Gasteiger partial charge in [0.05, 0.1) is 12.8 Å². The molecule has 1 unspecified atom stereocenters. The van der Waals surface area contributed by atoms with Crippen LogP contribution in [-0.4, -0.2) is 17.5 Å². The number of rotatable bonds is 6. The van der Waals surface area contributed by atoms with Gasteiger partial charge in [-0.3, -0.25) is 4.90 Å².